The maximum absolute atomic E-state index is 11.1. The molecule has 0 aliphatic heterocycles. The van der Waals surface area contributed by atoms with E-state index in [2.05, 4.69) is 10.3 Å². The molecule has 1 rings (SSSR count). The maximum Gasteiger partial charge on any atom is 0.325 e. The minimum atomic E-state index is -0.581. The Morgan fingerprint density at radius 2 is 2.21 bits per heavy atom. The van der Waals surface area contributed by atoms with Gasteiger partial charge in [0.15, 0.2) is 0 Å². The number of rotatable bonds is 3. The molecule has 3 N–H and O–H groups in total. The summed E-state index contributed by atoms with van der Waals surface area (Å²) in [6.07, 6.45) is 1.25. The van der Waals surface area contributed by atoms with Crippen LogP contribution < -0.4 is 16.6 Å². The monoisotopic (exact) mass is 217 g/mol. The van der Waals surface area contributed by atoms with E-state index in [1.54, 1.807) is 0 Å². The predicted octanol–water partition coefficient (Wildman–Crippen LogP) is -1.08. The molecule has 0 spiro atoms. The highest BCUT2D eigenvalue weighted by Gasteiger charge is 2.02. The van der Waals surface area contributed by atoms with Crippen LogP contribution in [-0.2, 0) is 11.3 Å². The van der Waals surface area contributed by atoms with Crippen molar-refractivity contribution in [3.05, 3.63) is 32.6 Å². The zero-order chi connectivity index (χ0) is 10.6. The summed E-state index contributed by atoms with van der Waals surface area (Å²) in [7, 11) is 0. The van der Waals surface area contributed by atoms with E-state index in [4.69, 9.17) is 11.6 Å². The standard InChI is InChI=1S/C7H8ClN3O3/c8-1-5(12)9-2-4-3-10-7(14)11-6(4)13/h3H,1-2H2,(H,9,12)(H2,10,11,13,14). The molecule has 0 radical (unpaired) electrons. The highest BCUT2D eigenvalue weighted by atomic mass is 35.5. The fourth-order valence-electron chi connectivity index (χ4n) is 0.810. The molecule has 0 unspecified atom stereocenters. The molecular weight excluding hydrogens is 210 g/mol. The van der Waals surface area contributed by atoms with Gasteiger partial charge in [0.1, 0.15) is 5.88 Å². The summed E-state index contributed by atoms with van der Waals surface area (Å²) in [5.41, 5.74) is -0.839. The number of carbonyl (C=O) groups excluding carboxylic acids is 1. The number of hydrogen-bond acceptors (Lipinski definition) is 3. The molecule has 1 aromatic heterocycles. The van der Waals surface area contributed by atoms with Crippen LogP contribution in [-0.4, -0.2) is 21.8 Å². The molecule has 14 heavy (non-hydrogen) atoms. The molecule has 1 aromatic rings. The Morgan fingerprint density at radius 1 is 1.50 bits per heavy atom. The smallest absolute Gasteiger partial charge is 0.325 e. The summed E-state index contributed by atoms with van der Waals surface area (Å²) in [5, 5.41) is 2.40. The number of aromatic nitrogens is 2. The minimum absolute atomic E-state index is 0.0394. The van der Waals surface area contributed by atoms with Gasteiger partial charge in [-0.3, -0.25) is 14.6 Å². The molecule has 76 valence electrons. The third kappa shape index (κ3) is 2.74. The van der Waals surface area contributed by atoms with E-state index in [9.17, 15) is 14.4 Å². The van der Waals surface area contributed by atoms with Crippen molar-refractivity contribution in [1.82, 2.24) is 15.3 Å². The highest BCUT2D eigenvalue weighted by molar-refractivity contribution is 6.27. The number of amides is 1. The fraction of sp³-hybridized carbons (Fsp3) is 0.286. The number of halogens is 1. The van der Waals surface area contributed by atoms with Crippen molar-refractivity contribution < 1.29 is 4.79 Å². The van der Waals surface area contributed by atoms with Crippen molar-refractivity contribution in [3.63, 3.8) is 0 Å². The van der Waals surface area contributed by atoms with Crippen LogP contribution in [0.15, 0.2) is 15.8 Å². The van der Waals surface area contributed by atoms with Crippen LogP contribution in [0.25, 0.3) is 0 Å². The summed E-state index contributed by atoms with van der Waals surface area (Å²) in [5.74, 6) is -0.543. The number of nitrogens with one attached hydrogen (secondary N) is 3. The van der Waals surface area contributed by atoms with E-state index in [0.717, 1.165) is 0 Å². The molecule has 0 fully saturated rings. The molecule has 0 saturated carbocycles. The molecule has 0 aromatic carbocycles. The topological polar surface area (TPSA) is 94.8 Å². The van der Waals surface area contributed by atoms with Crippen LogP contribution in [0, 0.1) is 0 Å². The number of hydrogen-bond donors (Lipinski definition) is 3. The molecule has 6 nitrogen and oxygen atoms in total. The first-order valence-electron chi connectivity index (χ1n) is 3.77. The maximum atomic E-state index is 11.1. The Hall–Kier alpha value is -1.56. The lowest BCUT2D eigenvalue weighted by Crippen LogP contribution is -2.30. The van der Waals surface area contributed by atoms with Gasteiger partial charge in [-0.1, -0.05) is 0 Å². The van der Waals surface area contributed by atoms with Crippen molar-refractivity contribution in [2.45, 2.75) is 6.54 Å². The van der Waals surface area contributed by atoms with Gasteiger partial charge in [-0.15, -0.1) is 11.6 Å². The number of alkyl halides is 1. The highest BCUT2D eigenvalue weighted by Crippen LogP contribution is 1.84. The molecule has 1 amide bonds. The van der Waals surface area contributed by atoms with Crippen molar-refractivity contribution in [2.75, 3.05) is 5.88 Å². The third-order valence-corrected chi connectivity index (χ3v) is 1.74. The molecule has 0 aliphatic rings. The number of aromatic amines is 2. The lowest BCUT2D eigenvalue weighted by molar-refractivity contribution is -0.118. The van der Waals surface area contributed by atoms with Gasteiger partial charge >= 0.3 is 5.69 Å². The lowest BCUT2D eigenvalue weighted by Gasteiger charge is -2.00. The van der Waals surface area contributed by atoms with Crippen LogP contribution in [0.1, 0.15) is 5.56 Å². The van der Waals surface area contributed by atoms with Gasteiger partial charge in [0, 0.05) is 12.7 Å². The Kier molecular flexibility index (Phi) is 3.47. The normalized spacial score (nSPS) is 9.79. The molecule has 1 heterocycles. The average molecular weight is 218 g/mol. The Balaban J connectivity index is 2.73. The third-order valence-electron chi connectivity index (χ3n) is 1.49. The summed E-state index contributed by atoms with van der Waals surface area (Å²) in [6, 6.07) is 0. The summed E-state index contributed by atoms with van der Waals surface area (Å²) >= 11 is 5.23. The first kappa shape index (κ1) is 10.5. The quantitative estimate of drug-likeness (QED) is 0.562. The molecule has 7 heteroatoms. The molecule has 0 aliphatic carbocycles. The van der Waals surface area contributed by atoms with Gasteiger partial charge in [0.25, 0.3) is 5.56 Å². The average Bonchev–Trinajstić information content (AvgIpc) is 2.16. The van der Waals surface area contributed by atoms with E-state index < -0.39 is 11.2 Å². The second kappa shape index (κ2) is 4.61. The van der Waals surface area contributed by atoms with E-state index in [0.29, 0.717) is 0 Å². The van der Waals surface area contributed by atoms with Crippen LogP contribution >= 0.6 is 11.6 Å². The largest absolute Gasteiger partial charge is 0.351 e. The van der Waals surface area contributed by atoms with E-state index in [1.165, 1.54) is 6.20 Å². The minimum Gasteiger partial charge on any atom is -0.351 e. The molecule has 0 saturated heterocycles. The van der Waals surface area contributed by atoms with Crippen LogP contribution in [0.3, 0.4) is 0 Å². The van der Waals surface area contributed by atoms with Crippen molar-refractivity contribution in [2.24, 2.45) is 0 Å². The van der Waals surface area contributed by atoms with Gasteiger partial charge < -0.3 is 10.3 Å². The lowest BCUT2D eigenvalue weighted by atomic mass is 10.3. The van der Waals surface area contributed by atoms with E-state index >= 15 is 0 Å². The van der Waals surface area contributed by atoms with Gasteiger partial charge in [-0.25, -0.2) is 4.79 Å². The van der Waals surface area contributed by atoms with Crippen LogP contribution in [0.5, 0.6) is 0 Å². The SMILES string of the molecule is O=C(CCl)NCc1c[nH]c(=O)[nH]c1=O. The first-order valence-corrected chi connectivity index (χ1v) is 4.30. The van der Waals surface area contributed by atoms with Crippen molar-refractivity contribution in [1.29, 1.82) is 0 Å². The Labute approximate surface area is 83.3 Å². The molecule has 0 atom stereocenters. The van der Waals surface area contributed by atoms with Crippen LogP contribution in [0.4, 0.5) is 0 Å². The first-order chi connectivity index (χ1) is 6.63. The summed E-state index contributed by atoms with van der Waals surface area (Å²) < 4.78 is 0. The van der Waals surface area contributed by atoms with E-state index in [-0.39, 0.29) is 23.9 Å². The van der Waals surface area contributed by atoms with Gasteiger partial charge in [0.05, 0.1) is 5.56 Å². The zero-order valence-corrected chi connectivity index (χ0v) is 7.85. The van der Waals surface area contributed by atoms with Crippen molar-refractivity contribution >= 4 is 17.5 Å². The number of H-pyrrole nitrogens is 2. The molecular formula is C7H8ClN3O3. The van der Waals surface area contributed by atoms with Crippen molar-refractivity contribution in [3.8, 4) is 0 Å². The summed E-state index contributed by atoms with van der Waals surface area (Å²) in [4.78, 5) is 36.8. The second-order valence-electron chi connectivity index (χ2n) is 2.51. The zero-order valence-electron chi connectivity index (χ0n) is 7.09. The second-order valence-corrected chi connectivity index (χ2v) is 2.77. The van der Waals surface area contributed by atoms with E-state index in [1.807, 2.05) is 4.98 Å². The summed E-state index contributed by atoms with van der Waals surface area (Å²) in [6.45, 7) is 0.0394. The predicted molar refractivity (Wildman–Crippen MR) is 50.3 cm³/mol. The van der Waals surface area contributed by atoms with Gasteiger partial charge in [-0.2, -0.15) is 0 Å². The Bertz CT molecular complexity index is 436. The fourth-order valence-corrected chi connectivity index (χ4v) is 0.905. The van der Waals surface area contributed by atoms with Crippen LogP contribution in [0.2, 0.25) is 0 Å². The molecule has 0 bridgehead atoms. The van der Waals surface area contributed by atoms with Gasteiger partial charge in [0.2, 0.25) is 5.91 Å². The Morgan fingerprint density at radius 3 is 2.79 bits per heavy atom. The van der Waals surface area contributed by atoms with Gasteiger partial charge in [-0.05, 0) is 0 Å². The number of carbonyl (C=O) groups is 1.